The predicted octanol–water partition coefficient (Wildman–Crippen LogP) is 2.74. The van der Waals surface area contributed by atoms with Gasteiger partial charge in [0.05, 0.1) is 6.42 Å². The fraction of sp³-hybridized carbons (Fsp3) is 0.250. The van der Waals surface area contributed by atoms with Crippen LogP contribution in [-0.2, 0) is 9.59 Å². The van der Waals surface area contributed by atoms with E-state index in [2.05, 4.69) is 0 Å². The van der Waals surface area contributed by atoms with Crippen LogP contribution in [0.5, 0.6) is 5.75 Å². The minimum Gasteiger partial charge on any atom is -0.484 e. The van der Waals surface area contributed by atoms with Gasteiger partial charge in [-0.3, -0.25) is 4.79 Å². The highest BCUT2D eigenvalue weighted by atomic mass is 19.4. The maximum atomic E-state index is 12.3. The van der Waals surface area contributed by atoms with Gasteiger partial charge in [0, 0.05) is 0 Å². The molecular formula is C16H14F3NO4. The van der Waals surface area contributed by atoms with E-state index in [1.165, 1.54) is 0 Å². The predicted molar refractivity (Wildman–Crippen MR) is 79.7 cm³/mol. The summed E-state index contributed by atoms with van der Waals surface area (Å²) in [5, 5.41) is 12.4. The van der Waals surface area contributed by atoms with E-state index in [-0.39, 0.29) is 0 Å². The molecule has 1 unspecified atom stereocenters. The van der Waals surface area contributed by atoms with E-state index in [9.17, 15) is 22.8 Å². The highest BCUT2D eigenvalue weighted by molar-refractivity contribution is 5.85. The van der Waals surface area contributed by atoms with E-state index in [0.29, 0.717) is 5.75 Å². The summed E-state index contributed by atoms with van der Waals surface area (Å²) in [7, 11) is 0. The van der Waals surface area contributed by atoms with Crippen LogP contribution in [0.4, 0.5) is 13.2 Å². The third-order valence-corrected chi connectivity index (χ3v) is 3.16. The Hall–Kier alpha value is -2.77. The SMILES string of the molecule is O=C(COc1ccc2ccccc2c1)NC(CC(F)(F)F)C(=O)O. The average molecular weight is 341 g/mol. The second-order valence-electron chi connectivity index (χ2n) is 5.08. The van der Waals surface area contributed by atoms with Gasteiger partial charge in [0.25, 0.3) is 5.91 Å². The van der Waals surface area contributed by atoms with Gasteiger partial charge in [-0.05, 0) is 22.9 Å². The minimum absolute atomic E-state index is 0.353. The van der Waals surface area contributed by atoms with E-state index in [0.717, 1.165) is 10.8 Å². The number of fused-ring (bicyclic) bond motifs is 1. The fourth-order valence-electron chi connectivity index (χ4n) is 2.07. The first-order valence-corrected chi connectivity index (χ1v) is 6.95. The summed E-state index contributed by atoms with van der Waals surface area (Å²) in [5.41, 5.74) is 0. The van der Waals surface area contributed by atoms with Gasteiger partial charge < -0.3 is 15.2 Å². The number of amides is 1. The molecule has 0 saturated carbocycles. The first-order chi connectivity index (χ1) is 11.2. The highest BCUT2D eigenvalue weighted by Gasteiger charge is 2.36. The minimum atomic E-state index is -4.70. The maximum absolute atomic E-state index is 12.3. The van der Waals surface area contributed by atoms with Gasteiger partial charge in [0.1, 0.15) is 11.8 Å². The Morgan fingerprint density at radius 3 is 2.42 bits per heavy atom. The van der Waals surface area contributed by atoms with Gasteiger partial charge in [-0.15, -0.1) is 0 Å². The third kappa shape index (κ3) is 5.15. The molecule has 2 aromatic rings. The molecule has 128 valence electrons. The molecule has 24 heavy (non-hydrogen) atoms. The summed E-state index contributed by atoms with van der Waals surface area (Å²) >= 11 is 0. The number of carboxylic acid groups (broad SMARTS) is 1. The highest BCUT2D eigenvalue weighted by Crippen LogP contribution is 2.22. The van der Waals surface area contributed by atoms with Crippen LogP contribution in [0.1, 0.15) is 6.42 Å². The van der Waals surface area contributed by atoms with Gasteiger partial charge in [-0.25, -0.2) is 4.79 Å². The number of hydrogen-bond donors (Lipinski definition) is 2. The van der Waals surface area contributed by atoms with Crippen LogP contribution in [0.2, 0.25) is 0 Å². The topological polar surface area (TPSA) is 75.6 Å². The Balaban J connectivity index is 1.94. The number of rotatable bonds is 6. The summed E-state index contributed by atoms with van der Waals surface area (Å²) in [6.07, 6.45) is -6.35. The summed E-state index contributed by atoms with van der Waals surface area (Å²) < 4.78 is 42.0. The van der Waals surface area contributed by atoms with E-state index in [4.69, 9.17) is 9.84 Å². The van der Waals surface area contributed by atoms with Crippen molar-refractivity contribution in [3.63, 3.8) is 0 Å². The van der Waals surface area contributed by atoms with Crippen molar-refractivity contribution in [2.45, 2.75) is 18.6 Å². The van der Waals surface area contributed by atoms with Gasteiger partial charge in [-0.2, -0.15) is 13.2 Å². The molecule has 5 nitrogen and oxygen atoms in total. The second kappa shape index (κ2) is 7.20. The van der Waals surface area contributed by atoms with E-state index in [1.807, 2.05) is 24.3 Å². The molecule has 2 aromatic carbocycles. The van der Waals surface area contributed by atoms with Gasteiger partial charge >= 0.3 is 12.1 Å². The summed E-state index contributed by atoms with van der Waals surface area (Å²) in [5.74, 6) is -2.35. The molecule has 1 atom stereocenters. The zero-order valence-electron chi connectivity index (χ0n) is 12.3. The molecule has 2 N–H and O–H groups in total. The number of nitrogens with one attached hydrogen (secondary N) is 1. The fourth-order valence-corrected chi connectivity index (χ4v) is 2.07. The van der Waals surface area contributed by atoms with Crippen LogP contribution >= 0.6 is 0 Å². The molecule has 2 rings (SSSR count). The third-order valence-electron chi connectivity index (χ3n) is 3.16. The molecule has 0 heterocycles. The number of alkyl halides is 3. The lowest BCUT2D eigenvalue weighted by atomic mass is 10.1. The van der Waals surface area contributed by atoms with Crippen LogP contribution in [0, 0.1) is 0 Å². The van der Waals surface area contributed by atoms with Crippen molar-refractivity contribution in [3.05, 3.63) is 42.5 Å². The van der Waals surface area contributed by atoms with Crippen LogP contribution in [-0.4, -0.2) is 35.8 Å². The molecule has 0 radical (unpaired) electrons. The number of hydrogen-bond acceptors (Lipinski definition) is 3. The van der Waals surface area contributed by atoms with Crippen molar-refractivity contribution in [2.75, 3.05) is 6.61 Å². The Morgan fingerprint density at radius 1 is 1.12 bits per heavy atom. The molecule has 0 bridgehead atoms. The van der Waals surface area contributed by atoms with Crippen molar-refractivity contribution in [2.24, 2.45) is 0 Å². The van der Waals surface area contributed by atoms with E-state index < -0.39 is 37.1 Å². The molecule has 8 heteroatoms. The normalized spacial score (nSPS) is 12.6. The van der Waals surface area contributed by atoms with Crippen LogP contribution in [0.25, 0.3) is 10.8 Å². The number of halogens is 3. The molecule has 0 aliphatic heterocycles. The van der Waals surface area contributed by atoms with Crippen molar-refractivity contribution >= 4 is 22.6 Å². The number of carbonyl (C=O) groups excluding carboxylic acids is 1. The Labute approximate surface area is 135 Å². The molecule has 0 spiro atoms. The monoisotopic (exact) mass is 341 g/mol. The quantitative estimate of drug-likeness (QED) is 0.847. The zero-order valence-corrected chi connectivity index (χ0v) is 12.3. The van der Waals surface area contributed by atoms with Crippen LogP contribution < -0.4 is 10.1 Å². The molecular weight excluding hydrogens is 327 g/mol. The van der Waals surface area contributed by atoms with Crippen LogP contribution in [0.3, 0.4) is 0 Å². The number of ether oxygens (including phenoxy) is 1. The lowest BCUT2D eigenvalue weighted by Crippen LogP contribution is -2.45. The average Bonchev–Trinajstić information content (AvgIpc) is 2.50. The summed E-state index contributed by atoms with van der Waals surface area (Å²) in [4.78, 5) is 22.4. The Morgan fingerprint density at radius 2 is 1.79 bits per heavy atom. The maximum Gasteiger partial charge on any atom is 0.391 e. The van der Waals surface area contributed by atoms with Gasteiger partial charge in [-0.1, -0.05) is 30.3 Å². The lowest BCUT2D eigenvalue weighted by molar-refractivity contribution is -0.160. The van der Waals surface area contributed by atoms with Crippen molar-refractivity contribution in [3.8, 4) is 5.75 Å². The summed E-state index contributed by atoms with van der Waals surface area (Å²) in [6, 6.07) is 10.4. The van der Waals surface area contributed by atoms with Crippen molar-refractivity contribution in [1.29, 1.82) is 0 Å². The first-order valence-electron chi connectivity index (χ1n) is 6.95. The second-order valence-corrected chi connectivity index (χ2v) is 5.08. The number of carbonyl (C=O) groups is 2. The molecule has 0 saturated heterocycles. The summed E-state index contributed by atoms with van der Waals surface area (Å²) in [6.45, 7) is -0.583. The Kier molecular flexibility index (Phi) is 5.28. The van der Waals surface area contributed by atoms with Crippen molar-refractivity contribution < 1.29 is 32.6 Å². The number of carboxylic acids is 1. The van der Waals surface area contributed by atoms with Crippen molar-refractivity contribution in [1.82, 2.24) is 5.32 Å². The van der Waals surface area contributed by atoms with E-state index >= 15 is 0 Å². The lowest BCUT2D eigenvalue weighted by Gasteiger charge is -2.16. The largest absolute Gasteiger partial charge is 0.484 e. The molecule has 0 fully saturated rings. The first kappa shape index (κ1) is 17.6. The smallest absolute Gasteiger partial charge is 0.391 e. The number of benzene rings is 2. The molecule has 1 amide bonds. The number of aliphatic carboxylic acids is 1. The molecule has 0 aliphatic rings. The van der Waals surface area contributed by atoms with E-state index in [1.54, 1.807) is 23.5 Å². The molecule has 0 aromatic heterocycles. The Bertz CT molecular complexity index is 745. The van der Waals surface area contributed by atoms with Gasteiger partial charge in [0.2, 0.25) is 0 Å². The standard InChI is InChI=1S/C16H14F3NO4/c17-16(18,19)8-13(15(22)23)20-14(21)9-24-12-6-5-10-3-1-2-4-11(10)7-12/h1-7,13H,8-9H2,(H,20,21)(H,22,23). The molecule has 0 aliphatic carbocycles. The van der Waals surface area contributed by atoms with Gasteiger partial charge in [0.15, 0.2) is 6.61 Å². The zero-order chi connectivity index (χ0) is 17.7. The van der Waals surface area contributed by atoms with Crippen LogP contribution in [0.15, 0.2) is 42.5 Å².